The molecule has 0 bridgehead atoms. The molecular formula is C19H15NO2. The van der Waals surface area contributed by atoms with Crippen LogP contribution < -0.4 is 0 Å². The Morgan fingerprint density at radius 3 is 2.27 bits per heavy atom. The zero-order chi connectivity index (χ0) is 15.2. The van der Waals surface area contributed by atoms with Crippen LogP contribution in [0.4, 0.5) is 0 Å². The minimum absolute atomic E-state index is 0.229. The first-order valence-electron chi connectivity index (χ1n) is 7.04. The summed E-state index contributed by atoms with van der Waals surface area (Å²) in [5.41, 5.74) is 3.61. The summed E-state index contributed by atoms with van der Waals surface area (Å²) in [5, 5.41) is 0. The van der Waals surface area contributed by atoms with Gasteiger partial charge in [0.15, 0.2) is 0 Å². The number of benzene rings is 2. The van der Waals surface area contributed by atoms with E-state index < -0.39 is 0 Å². The predicted molar refractivity (Wildman–Crippen MR) is 85.2 cm³/mol. The molecule has 0 saturated heterocycles. The third-order valence-electron chi connectivity index (χ3n) is 3.32. The lowest BCUT2D eigenvalue weighted by Gasteiger charge is -2.06. The molecule has 3 rings (SSSR count). The van der Waals surface area contributed by atoms with E-state index in [9.17, 15) is 4.79 Å². The Balaban J connectivity index is 1.66. The van der Waals surface area contributed by atoms with E-state index >= 15 is 0 Å². The molecule has 0 aliphatic carbocycles. The summed E-state index contributed by atoms with van der Waals surface area (Å²) in [4.78, 5) is 16.0. The van der Waals surface area contributed by atoms with E-state index in [1.165, 1.54) is 0 Å². The van der Waals surface area contributed by atoms with E-state index in [-0.39, 0.29) is 12.6 Å². The molecule has 3 nitrogen and oxygen atoms in total. The van der Waals surface area contributed by atoms with Crippen LogP contribution in [0.1, 0.15) is 15.9 Å². The van der Waals surface area contributed by atoms with Gasteiger partial charge in [0.1, 0.15) is 6.61 Å². The lowest BCUT2D eigenvalue weighted by molar-refractivity contribution is 0.0472. The number of hydrogen-bond acceptors (Lipinski definition) is 3. The second-order valence-electron chi connectivity index (χ2n) is 4.88. The summed E-state index contributed by atoms with van der Waals surface area (Å²) in [6, 6.07) is 21.2. The summed E-state index contributed by atoms with van der Waals surface area (Å²) >= 11 is 0. The number of esters is 1. The molecule has 0 N–H and O–H groups in total. The Hall–Kier alpha value is -2.94. The van der Waals surface area contributed by atoms with Gasteiger partial charge in [-0.1, -0.05) is 48.5 Å². The summed E-state index contributed by atoms with van der Waals surface area (Å²) in [5.74, 6) is -0.330. The van der Waals surface area contributed by atoms with E-state index in [1.54, 1.807) is 24.5 Å². The Morgan fingerprint density at radius 2 is 1.59 bits per heavy atom. The number of rotatable bonds is 4. The highest BCUT2D eigenvalue weighted by Crippen LogP contribution is 2.19. The van der Waals surface area contributed by atoms with Crippen molar-refractivity contribution in [3.63, 3.8) is 0 Å². The fourth-order valence-electron chi connectivity index (χ4n) is 2.15. The topological polar surface area (TPSA) is 39.2 Å². The van der Waals surface area contributed by atoms with Crippen molar-refractivity contribution in [3.8, 4) is 11.1 Å². The van der Waals surface area contributed by atoms with E-state index in [4.69, 9.17) is 4.74 Å². The molecule has 0 unspecified atom stereocenters. The van der Waals surface area contributed by atoms with Gasteiger partial charge >= 0.3 is 5.97 Å². The monoisotopic (exact) mass is 289 g/mol. The third-order valence-corrected chi connectivity index (χ3v) is 3.32. The molecule has 0 aliphatic rings. The van der Waals surface area contributed by atoms with Crippen LogP contribution >= 0.6 is 0 Å². The van der Waals surface area contributed by atoms with Crippen molar-refractivity contribution < 1.29 is 9.53 Å². The molecule has 108 valence electrons. The molecule has 0 atom stereocenters. The fraction of sp³-hybridized carbons (Fsp3) is 0.0526. The van der Waals surface area contributed by atoms with Gasteiger partial charge in [0.05, 0.1) is 5.56 Å². The molecule has 0 fully saturated rings. The largest absolute Gasteiger partial charge is 0.457 e. The first-order valence-corrected chi connectivity index (χ1v) is 7.04. The minimum Gasteiger partial charge on any atom is -0.457 e. The number of carbonyl (C=O) groups is 1. The summed E-state index contributed by atoms with van der Waals surface area (Å²) in [6.45, 7) is 0.229. The molecule has 1 heterocycles. The maximum Gasteiger partial charge on any atom is 0.338 e. The smallest absolute Gasteiger partial charge is 0.338 e. The van der Waals surface area contributed by atoms with Crippen molar-refractivity contribution in [2.45, 2.75) is 6.61 Å². The molecule has 3 heteroatoms. The second-order valence-corrected chi connectivity index (χ2v) is 4.88. The third kappa shape index (κ3) is 3.38. The van der Waals surface area contributed by atoms with Gasteiger partial charge in [-0.05, 0) is 29.3 Å². The Morgan fingerprint density at radius 1 is 0.864 bits per heavy atom. The minimum atomic E-state index is -0.330. The van der Waals surface area contributed by atoms with Crippen molar-refractivity contribution in [1.29, 1.82) is 0 Å². The molecule has 2 aromatic carbocycles. The highest BCUT2D eigenvalue weighted by Gasteiger charge is 2.07. The van der Waals surface area contributed by atoms with Crippen LogP contribution in [0.5, 0.6) is 0 Å². The van der Waals surface area contributed by atoms with Crippen molar-refractivity contribution >= 4 is 5.97 Å². The van der Waals surface area contributed by atoms with Gasteiger partial charge in [-0.3, -0.25) is 4.98 Å². The first-order chi connectivity index (χ1) is 10.8. The van der Waals surface area contributed by atoms with Gasteiger partial charge in [0, 0.05) is 18.0 Å². The molecular weight excluding hydrogens is 274 g/mol. The van der Waals surface area contributed by atoms with Gasteiger partial charge in [-0.2, -0.15) is 0 Å². The number of pyridine rings is 1. The Labute approximate surface area is 129 Å². The molecule has 3 aromatic rings. The molecule has 0 spiro atoms. The quantitative estimate of drug-likeness (QED) is 0.679. The number of hydrogen-bond donors (Lipinski definition) is 0. The summed E-state index contributed by atoms with van der Waals surface area (Å²) in [7, 11) is 0. The molecule has 1 aromatic heterocycles. The van der Waals surface area contributed by atoms with Crippen LogP contribution in [0.15, 0.2) is 79.1 Å². The summed E-state index contributed by atoms with van der Waals surface area (Å²) in [6.07, 6.45) is 3.37. The SMILES string of the molecule is O=C(OCc1cccnc1)c1ccc(-c2ccccc2)cc1. The van der Waals surface area contributed by atoms with Crippen LogP contribution in [-0.2, 0) is 11.3 Å². The van der Waals surface area contributed by atoms with E-state index in [2.05, 4.69) is 4.98 Å². The lowest BCUT2D eigenvalue weighted by atomic mass is 10.0. The van der Waals surface area contributed by atoms with Crippen molar-refractivity contribution in [3.05, 3.63) is 90.3 Å². The molecule has 0 saturated carbocycles. The fourth-order valence-corrected chi connectivity index (χ4v) is 2.15. The maximum atomic E-state index is 12.0. The Kier molecular flexibility index (Phi) is 4.25. The number of carbonyl (C=O) groups excluding carboxylic acids is 1. The van der Waals surface area contributed by atoms with Crippen molar-refractivity contribution in [2.75, 3.05) is 0 Å². The van der Waals surface area contributed by atoms with Crippen LogP contribution in [0, 0.1) is 0 Å². The molecule has 0 amide bonds. The Bertz CT molecular complexity index is 737. The molecule has 22 heavy (non-hydrogen) atoms. The van der Waals surface area contributed by atoms with Gasteiger partial charge in [0.2, 0.25) is 0 Å². The maximum absolute atomic E-state index is 12.0. The second kappa shape index (κ2) is 6.68. The van der Waals surface area contributed by atoms with Crippen molar-refractivity contribution in [2.24, 2.45) is 0 Å². The number of aromatic nitrogens is 1. The van der Waals surface area contributed by atoms with Gasteiger partial charge < -0.3 is 4.74 Å². The van der Waals surface area contributed by atoms with Crippen LogP contribution in [0.3, 0.4) is 0 Å². The normalized spacial score (nSPS) is 10.2. The predicted octanol–water partition coefficient (Wildman–Crippen LogP) is 4.11. The van der Waals surface area contributed by atoms with Crippen LogP contribution in [0.25, 0.3) is 11.1 Å². The first kappa shape index (κ1) is 14.0. The van der Waals surface area contributed by atoms with E-state index in [1.807, 2.05) is 54.6 Å². The van der Waals surface area contributed by atoms with Crippen LogP contribution in [-0.4, -0.2) is 11.0 Å². The van der Waals surface area contributed by atoms with Crippen LogP contribution in [0.2, 0.25) is 0 Å². The highest BCUT2D eigenvalue weighted by atomic mass is 16.5. The van der Waals surface area contributed by atoms with E-state index in [0.717, 1.165) is 16.7 Å². The van der Waals surface area contributed by atoms with Gasteiger partial charge in [-0.15, -0.1) is 0 Å². The standard InChI is InChI=1S/C19H15NO2/c21-19(22-14-15-5-4-12-20-13-15)18-10-8-17(9-11-18)16-6-2-1-3-7-16/h1-13H,14H2. The highest BCUT2D eigenvalue weighted by molar-refractivity contribution is 5.90. The molecule has 0 aliphatic heterocycles. The lowest BCUT2D eigenvalue weighted by Crippen LogP contribution is -2.05. The molecule has 0 radical (unpaired) electrons. The number of ether oxygens (including phenoxy) is 1. The number of nitrogens with zero attached hydrogens (tertiary/aromatic N) is 1. The average molecular weight is 289 g/mol. The van der Waals surface area contributed by atoms with Gasteiger partial charge in [0.25, 0.3) is 0 Å². The van der Waals surface area contributed by atoms with E-state index in [0.29, 0.717) is 5.56 Å². The average Bonchev–Trinajstić information content (AvgIpc) is 2.61. The zero-order valence-electron chi connectivity index (χ0n) is 12.0. The van der Waals surface area contributed by atoms with Crippen molar-refractivity contribution in [1.82, 2.24) is 4.98 Å². The van der Waals surface area contributed by atoms with Gasteiger partial charge in [-0.25, -0.2) is 4.79 Å². The summed E-state index contributed by atoms with van der Waals surface area (Å²) < 4.78 is 5.28. The zero-order valence-corrected chi connectivity index (χ0v) is 12.0.